The van der Waals surface area contributed by atoms with Crippen LogP contribution in [0.5, 0.6) is 0 Å². The van der Waals surface area contributed by atoms with E-state index in [1.807, 2.05) is 11.8 Å². The maximum absolute atomic E-state index is 11.6. The zero-order valence-electron chi connectivity index (χ0n) is 8.03. The fourth-order valence-corrected chi connectivity index (χ4v) is 3.32. The summed E-state index contributed by atoms with van der Waals surface area (Å²) in [5, 5.41) is 0. The van der Waals surface area contributed by atoms with Crippen LogP contribution in [-0.4, -0.2) is 29.9 Å². The zero-order chi connectivity index (χ0) is 9.97. The van der Waals surface area contributed by atoms with Gasteiger partial charge in [0.25, 0.3) is 0 Å². The SMILES string of the molecule is O=C1CC(=O)C(C2CCCSC2)CO1. The van der Waals surface area contributed by atoms with Crippen molar-refractivity contribution in [3.63, 3.8) is 0 Å². The smallest absolute Gasteiger partial charge is 0.313 e. The van der Waals surface area contributed by atoms with Crippen molar-refractivity contribution >= 4 is 23.5 Å². The Morgan fingerprint density at radius 3 is 2.86 bits per heavy atom. The number of hydrogen-bond donors (Lipinski definition) is 0. The number of carbonyl (C=O) groups excluding carboxylic acids is 2. The predicted molar refractivity (Wildman–Crippen MR) is 54.1 cm³/mol. The number of ketones is 1. The number of rotatable bonds is 1. The van der Waals surface area contributed by atoms with E-state index in [1.165, 1.54) is 12.2 Å². The topological polar surface area (TPSA) is 43.4 Å². The molecule has 78 valence electrons. The molecule has 2 saturated heterocycles. The lowest BCUT2D eigenvalue weighted by Crippen LogP contribution is -2.37. The number of carbonyl (C=O) groups is 2. The van der Waals surface area contributed by atoms with E-state index in [0.717, 1.165) is 12.2 Å². The van der Waals surface area contributed by atoms with E-state index < -0.39 is 0 Å². The maximum Gasteiger partial charge on any atom is 0.313 e. The van der Waals surface area contributed by atoms with Gasteiger partial charge in [-0.1, -0.05) is 0 Å². The minimum Gasteiger partial charge on any atom is -0.465 e. The molecule has 2 atom stereocenters. The number of ether oxygens (including phenoxy) is 1. The molecule has 2 unspecified atom stereocenters. The number of hydrogen-bond acceptors (Lipinski definition) is 4. The summed E-state index contributed by atoms with van der Waals surface area (Å²) in [6, 6.07) is 0. The Balaban J connectivity index is 1.95. The van der Waals surface area contributed by atoms with Gasteiger partial charge in [-0.2, -0.15) is 11.8 Å². The first kappa shape index (κ1) is 10.0. The molecule has 2 heterocycles. The first-order chi connectivity index (χ1) is 6.77. The van der Waals surface area contributed by atoms with Gasteiger partial charge in [-0.3, -0.25) is 9.59 Å². The van der Waals surface area contributed by atoms with Crippen molar-refractivity contribution in [3.05, 3.63) is 0 Å². The Hall–Kier alpha value is -0.510. The lowest BCUT2D eigenvalue weighted by atomic mass is 9.85. The van der Waals surface area contributed by atoms with Crippen molar-refractivity contribution in [1.29, 1.82) is 0 Å². The molecule has 2 rings (SSSR count). The van der Waals surface area contributed by atoms with E-state index in [1.54, 1.807) is 0 Å². The van der Waals surface area contributed by atoms with Crippen molar-refractivity contribution in [1.82, 2.24) is 0 Å². The van der Waals surface area contributed by atoms with Crippen LogP contribution in [0.15, 0.2) is 0 Å². The molecule has 0 radical (unpaired) electrons. The Bertz CT molecular complexity index is 246. The molecule has 4 heteroatoms. The van der Waals surface area contributed by atoms with Crippen molar-refractivity contribution in [2.24, 2.45) is 11.8 Å². The number of thioether (sulfide) groups is 1. The van der Waals surface area contributed by atoms with Crippen molar-refractivity contribution in [2.75, 3.05) is 18.1 Å². The van der Waals surface area contributed by atoms with Crippen molar-refractivity contribution in [2.45, 2.75) is 19.3 Å². The van der Waals surface area contributed by atoms with Gasteiger partial charge in [0.1, 0.15) is 13.0 Å². The van der Waals surface area contributed by atoms with E-state index >= 15 is 0 Å². The fourth-order valence-electron chi connectivity index (χ4n) is 2.08. The average Bonchev–Trinajstić information content (AvgIpc) is 2.19. The second-order valence-corrected chi connectivity index (χ2v) is 5.06. The third-order valence-electron chi connectivity index (χ3n) is 2.92. The van der Waals surface area contributed by atoms with Gasteiger partial charge >= 0.3 is 5.97 Å². The highest BCUT2D eigenvalue weighted by Crippen LogP contribution is 2.31. The predicted octanol–water partition coefficient (Wildman–Crippen LogP) is 1.26. The molecule has 2 fully saturated rings. The van der Waals surface area contributed by atoms with Crippen LogP contribution in [0.2, 0.25) is 0 Å². The summed E-state index contributed by atoms with van der Waals surface area (Å²) < 4.78 is 4.95. The van der Waals surface area contributed by atoms with Crippen LogP contribution >= 0.6 is 11.8 Å². The quantitative estimate of drug-likeness (QED) is 0.487. The molecule has 2 aliphatic rings. The van der Waals surface area contributed by atoms with E-state index in [0.29, 0.717) is 12.5 Å². The van der Waals surface area contributed by atoms with Crippen LogP contribution in [-0.2, 0) is 14.3 Å². The van der Waals surface area contributed by atoms with Crippen LogP contribution in [0.25, 0.3) is 0 Å². The molecule has 2 aliphatic heterocycles. The number of cyclic esters (lactones) is 1. The fraction of sp³-hybridized carbons (Fsp3) is 0.800. The first-order valence-electron chi connectivity index (χ1n) is 5.03. The maximum atomic E-state index is 11.6. The van der Waals surface area contributed by atoms with E-state index in [4.69, 9.17) is 4.74 Å². The highest BCUT2D eigenvalue weighted by molar-refractivity contribution is 7.99. The molecule has 14 heavy (non-hydrogen) atoms. The summed E-state index contributed by atoms with van der Waals surface area (Å²) in [5.74, 6) is 2.42. The second-order valence-electron chi connectivity index (χ2n) is 3.91. The Kier molecular flexibility index (Phi) is 3.11. The van der Waals surface area contributed by atoms with Crippen molar-refractivity contribution in [3.8, 4) is 0 Å². The largest absolute Gasteiger partial charge is 0.465 e. The third kappa shape index (κ3) is 2.11. The Labute approximate surface area is 87.6 Å². The molecule has 3 nitrogen and oxygen atoms in total. The normalized spacial score (nSPS) is 34.0. The summed E-state index contributed by atoms with van der Waals surface area (Å²) in [4.78, 5) is 22.4. The van der Waals surface area contributed by atoms with Crippen LogP contribution < -0.4 is 0 Å². The number of Topliss-reactive ketones (excluding diaryl/α,β-unsaturated/α-hetero) is 1. The highest BCUT2D eigenvalue weighted by atomic mass is 32.2. The van der Waals surface area contributed by atoms with Crippen LogP contribution in [0.3, 0.4) is 0 Å². The van der Waals surface area contributed by atoms with Gasteiger partial charge in [-0.25, -0.2) is 0 Å². The Morgan fingerprint density at radius 2 is 2.21 bits per heavy atom. The third-order valence-corrected chi connectivity index (χ3v) is 4.16. The molecule has 0 aromatic rings. The molecule has 0 aromatic carbocycles. The molecule has 0 aliphatic carbocycles. The molecular formula is C10H14O3S. The minimum absolute atomic E-state index is 0.00810. The summed E-state index contributed by atoms with van der Waals surface area (Å²) in [6.07, 6.45) is 2.29. The summed E-state index contributed by atoms with van der Waals surface area (Å²) in [7, 11) is 0. The summed E-state index contributed by atoms with van der Waals surface area (Å²) in [5.41, 5.74) is 0. The van der Waals surface area contributed by atoms with Crippen molar-refractivity contribution < 1.29 is 14.3 Å². The van der Waals surface area contributed by atoms with Crippen LogP contribution in [0, 0.1) is 11.8 Å². The Morgan fingerprint density at radius 1 is 1.36 bits per heavy atom. The van der Waals surface area contributed by atoms with E-state index in [9.17, 15) is 9.59 Å². The van der Waals surface area contributed by atoms with Gasteiger partial charge in [0.05, 0.1) is 5.92 Å². The molecule has 0 aromatic heterocycles. The van der Waals surface area contributed by atoms with Gasteiger partial charge in [0, 0.05) is 0 Å². The average molecular weight is 214 g/mol. The molecule has 0 N–H and O–H groups in total. The molecule has 0 saturated carbocycles. The zero-order valence-corrected chi connectivity index (χ0v) is 8.85. The van der Waals surface area contributed by atoms with Crippen LogP contribution in [0.4, 0.5) is 0 Å². The summed E-state index contributed by atoms with van der Waals surface area (Å²) >= 11 is 1.91. The van der Waals surface area contributed by atoms with Gasteiger partial charge in [-0.15, -0.1) is 0 Å². The summed E-state index contributed by atoms with van der Waals surface area (Å²) in [6.45, 7) is 0.322. The van der Waals surface area contributed by atoms with Gasteiger partial charge < -0.3 is 4.74 Å². The van der Waals surface area contributed by atoms with Gasteiger partial charge in [0.15, 0.2) is 5.78 Å². The van der Waals surface area contributed by atoms with Crippen LogP contribution in [0.1, 0.15) is 19.3 Å². The van der Waals surface area contributed by atoms with E-state index in [-0.39, 0.29) is 24.1 Å². The molecule has 0 amide bonds. The standard InChI is InChI=1S/C10H14O3S/c11-9-4-10(12)13-5-8(9)7-2-1-3-14-6-7/h7-8H,1-6H2. The number of esters is 1. The molecule has 0 bridgehead atoms. The minimum atomic E-state index is -0.352. The monoisotopic (exact) mass is 214 g/mol. The highest BCUT2D eigenvalue weighted by Gasteiger charge is 2.35. The van der Waals surface area contributed by atoms with Gasteiger partial charge in [0.2, 0.25) is 0 Å². The van der Waals surface area contributed by atoms with E-state index in [2.05, 4.69) is 0 Å². The second kappa shape index (κ2) is 4.34. The molecule has 0 spiro atoms. The van der Waals surface area contributed by atoms with Gasteiger partial charge in [-0.05, 0) is 30.3 Å². The lowest BCUT2D eigenvalue weighted by Gasteiger charge is -2.30. The lowest BCUT2D eigenvalue weighted by molar-refractivity contribution is -0.156. The first-order valence-corrected chi connectivity index (χ1v) is 6.19. The molecular weight excluding hydrogens is 200 g/mol.